The molecule has 0 aromatic heterocycles. The van der Waals surface area contributed by atoms with Crippen LogP contribution in [0.15, 0.2) is 36.4 Å². The molecule has 0 spiro atoms. The zero-order valence-corrected chi connectivity index (χ0v) is 14.2. The molecule has 1 aromatic carbocycles. The van der Waals surface area contributed by atoms with Crippen molar-refractivity contribution in [2.75, 3.05) is 11.5 Å². The Balaban J connectivity index is 0.000000493. The standard InChI is InChI=1S/C8H18O4S2.C6H6/c1-5-8(4,13(9,10)6-2)14(11,12)7-3;1-2-4-6-5-3-1/h5-7H2,1-4H3;1-6H. The first-order valence-electron chi connectivity index (χ1n) is 6.63. The first-order valence-corrected chi connectivity index (χ1v) is 9.93. The largest absolute Gasteiger partial charge is 0.227 e. The highest BCUT2D eigenvalue weighted by Gasteiger charge is 2.47. The zero-order chi connectivity index (χ0) is 15.9. The highest BCUT2D eigenvalue weighted by molar-refractivity contribution is 8.10. The van der Waals surface area contributed by atoms with Crippen molar-refractivity contribution in [3.63, 3.8) is 0 Å². The monoisotopic (exact) mass is 320 g/mol. The summed E-state index contributed by atoms with van der Waals surface area (Å²) in [7, 11) is -7.14. The molecule has 20 heavy (non-hydrogen) atoms. The first kappa shape index (κ1) is 19.1. The average molecular weight is 320 g/mol. The number of rotatable bonds is 5. The Morgan fingerprint density at radius 2 is 0.950 bits per heavy atom. The molecule has 4 nitrogen and oxygen atoms in total. The van der Waals surface area contributed by atoms with Crippen LogP contribution in [-0.4, -0.2) is 32.4 Å². The van der Waals surface area contributed by atoms with Gasteiger partial charge in [0.05, 0.1) is 0 Å². The highest BCUT2D eigenvalue weighted by atomic mass is 32.3. The molecule has 0 N–H and O–H groups in total. The highest BCUT2D eigenvalue weighted by Crippen LogP contribution is 2.29. The molecule has 0 amide bonds. The molecule has 0 aliphatic heterocycles. The molecular formula is C14H24O4S2. The van der Waals surface area contributed by atoms with Crippen molar-refractivity contribution in [3.05, 3.63) is 36.4 Å². The molecule has 0 saturated heterocycles. The molecule has 0 bridgehead atoms. The summed E-state index contributed by atoms with van der Waals surface area (Å²) >= 11 is 0. The van der Waals surface area contributed by atoms with Gasteiger partial charge < -0.3 is 0 Å². The van der Waals surface area contributed by atoms with E-state index >= 15 is 0 Å². The number of benzene rings is 1. The molecule has 0 heterocycles. The predicted octanol–water partition coefficient (Wildman–Crippen LogP) is 2.67. The maximum Gasteiger partial charge on any atom is 0.170 e. The SMILES string of the molecule is CCC(C)(S(=O)(=O)CC)S(=O)(=O)CC.c1ccccc1. The smallest absolute Gasteiger partial charge is 0.170 e. The van der Waals surface area contributed by atoms with E-state index in [1.807, 2.05) is 36.4 Å². The quantitative estimate of drug-likeness (QED) is 0.836. The molecule has 6 heteroatoms. The third-order valence-corrected chi connectivity index (χ3v) is 9.64. The predicted molar refractivity (Wildman–Crippen MR) is 84.1 cm³/mol. The van der Waals surface area contributed by atoms with Gasteiger partial charge in [0.15, 0.2) is 23.8 Å². The molecule has 0 unspecified atom stereocenters. The van der Waals surface area contributed by atoms with Crippen LogP contribution in [0.4, 0.5) is 0 Å². The van der Waals surface area contributed by atoms with Crippen LogP contribution in [0.1, 0.15) is 34.1 Å². The van der Waals surface area contributed by atoms with Crippen LogP contribution in [0.25, 0.3) is 0 Å². The fourth-order valence-electron chi connectivity index (χ4n) is 1.63. The molecule has 1 rings (SSSR count). The topological polar surface area (TPSA) is 68.3 Å². The van der Waals surface area contributed by atoms with E-state index in [0.29, 0.717) is 0 Å². The van der Waals surface area contributed by atoms with E-state index in [2.05, 4.69) is 0 Å². The Morgan fingerprint density at radius 3 is 1.10 bits per heavy atom. The van der Waals surface area contributed by atoms with Crippen LogP contribution in [-0.2, 0) is 19.7 Å². The maximum absolute atomic E-state index is 11.7. The number of sulfone groups is 2. The minimum absolute atomic E-state index is 0.0966. The molecular weight excluding hydrogens is 296 g/mol. The summed E-state index contributed by atoms with van der Waals surface area (Å²) in [5.74, 6) is -0.285. The van der Waals surface area contributed by atoms with Crippen molar-refractivity contribution in [1.29, 1.82) is 0 Å². The lowest BCUT2D eigenvalue weighted by molar-refractivity contribution is 0.543. The van der Waals surface area contributed by atoms with E-state index < -0.39 is 23.8 Å². The van der Waals surface area contributed by atoms with Gasteiger partial charge >= 0.3 is 0 Å². The fraction of sp³-hybridized carbons (Fsp3) is 0.571. The third kappa shape index (κ3) is 4.31. The van der Waals surface area contributed by atoms with E-state index in [9.17, 15) is 16.8 Å². The van der Waals surface area contributed by atoms with Gasteiger partial charge in [-0.1, -0.05) is 57.2 Å². The minimum Gasteiger partial charge on any atom is -0.227 e. The average Bonchev–Trinajstić information content (AvgIpc) is 2.48. The van der Waals surface area contributed by atoms with Gasteiger partial charge in [-0.05, 0) is 13.3 Å². The van der Waals surface area contributed by atoms with Crippen molar-refractivity contribution in [3.8, 4) is 0 Å². The summed E-state index contributed by atoms with van der Waals surface area (Å²) in [5, 5.41) is 0. The molecule has 0 atom stereocenters. The van der Waals surface area contributed by atoms with Gasteiger partial charge in [-0.3, -0.25) is 0 Å². The van der Waals surface area contributed by atoms with Crippen LogP contribution in [0, 0.1) is 0 Å². The lowest BCUT2D eigenvalue weighted by atomic mass is 10.4. The number of hydrogen-bond acceptors (Lipinski definition) is 4. The van der Waals surface area contributed by atoms with Crippen molar-refractivity contribution in [1.82, 2.24) is 0 Å². The van der Waals surface area contributed by atoms with Crippen LogP contribution >= 0.6 is 0 Å². The van der Waals surface area contributed by atoms with E-state index in [-0.39, 0.29) is 17.9 Å². The van der Waals surface area contributed by atoms with E-state index in [1.54, 1.807) is 6.92 Å². The Labute approximate surface area is 123 Å². The Bertz CT molecular complexity index is 514. The Hall–Kier alpha value is -0.880. The molecule has 0 fully saturated rings. The van der Waals surface area contributed by atoms with Crippen LogP contribution in [0.5, 0.6) is 0 Å². The molecule has 0 aliphatic carbocycles. The molecule has 0 radical (unpaired) electrons. The lowest BCUT2D eigenvalue weighted by Gasteiger charge is -2.26. The Morgan fingerprint density at radius 1 is 0.700 bits per heavy atom. The summed E-state index contributed by atoms with van der Waals surface area (Å²) in [6, 6.07) is 12.0. The van der Waals surface area contributed by atoms with Crippen LogP contribution in [0.2, 0.25) is 0 Å². The maximum atomic E-state index is 11.7. The third-order valence-electron chi connectivity index (χ3n) is 3.38. The van der Waals surface area contributed by atoms with E-state index in [0.717, 1.165) is 0 Å². The van der Waals surface area contributed by atoms with Gasteiger partial charge in [-0.2, -0.15) is 0 Å². The summed E-state index contributed by atoms with van der Waals surface area (Å²) in [5.41, 5.74) is 0. The summed E-state index contributed by atoms with van der Waals surface area (Å²) < 4.78 is 45.1. The molecule has 1 aromatic rings. The minimum atomic E-state index is -3.57. The molecule has 0 aliphatic rings. The summed E-state index contributed by atoms with van der Waals surface area (Å²) in [4.78, 5) is 0. The zero-order valence-electron chi connectivity index (χ0n) is 12.5. The van der Waals surface area contributed by atoms with E-state index in [4.69, 9.17) is 0 Å². The fourth-order valence-corrected chi connectivity index (χ4v) is 5.98. The summed E-state index contributed by atoms with van der Waals surface area (Å²) in [6.07, 6.45) is 0.0966. The van der Waals surface area contributed by atoms with Crippen molar-refractivity contribution >= 4 is 19.7 Å². The van der Waals surface area contributed by atoms with Gasteiger partial charge in [0.1, 0.15) is 0 Å². The first-order chi connectivity index (χ1) is 9.18. The second kappa shape index (κ2) is 7.78. The van der Waals surface area contributed by atoms with Crippen LogP contribution in [0.3, 0.4) is 0 Å². The molecule has 116 valence electrons. The van der Waals surface area contributed by atoms with Gasteiger partial charge in [-0.15, -0.1) is 0 Å². The van der Waals surface area contributed by atoms with Gasteiger partial charge in [0.2, 0.25) is 0 Å². The second-order valence-corrected chi connectivity index (χ2v) is 10.1. The van der Waals surface area contributed by atoms with Crippen LogP contribution < -0.4 is 0 Å². The normalized spacial score (nSPS) is 12.4. The van der Waals surface area contributed by atoms with Gasteiger partial charge in [0.25, 0.3) is 0 Å². The number of hydrogen-bond donors (Lipinski definition) is 0. The second-order valence-electron chi connectivity index (χ2n) is 4.45. The van der Waals surface area contributed by atoms with Crippen molar-refractivity contribution in [2.45, 2.75) is 38.2 Å². The Kier molecular flexibility index (Phi) is 7.44. The van der Waals surface area contributed by atoms with Crippen molar-refractivity contribution < 1.29 is 16.8 Å². The molecule has 0 saturated carbocycles. The van der Waals surface area contributed by atoms with Gasteiger partial charge in [0, 0.05) is 11.5 Å². The summed E-state index contributed by atoms with van der Waals surface area (Å²) in [6.45, 7) is 5.81. The van der Waals surface area contributed by atoms with Crippen molar-refractivity contribution in [2.24, 2.45) is 0 Å². The van der Waals surface area contributed by atoms with E-state index in [1.165, 1.54) is 20.8 Å². The lowest BCUT2D eigenvalue weighted by Crippen LogP contribution is -2.44. The van der Waals surface area contributed by atoms with Gasteiger partial charge in [-0.25, -0.2) is 16.8 Å².